The number of halogens is 1. The van der Waals surface area contributed by atoms with E-state index < -0.39 is 10.0 Å². The largest absolute Gasteiger partial charge is 0.493 e. The normalized spacial score (nSPS) is 11.2. The van der Waals surface area contributed by atoms with Crippen LogP contribution in [0.5, 0.6) is 5.75 Å². The lowest BCUT2D eigenvalue weighted by Gasteiger charge is -2.12. The van der Waals surface area contributed by atoms with Crippen LogP contribution >= 0.6 is 0 Å². The van der Waals surface area contributed by atoms with Crippen LogP contribution in [0.25, 0.3) is 0 Å². The average molecular weight is 405 g/mol. The first-order valence-corrected chi connectivity index (χ1v) is 10.6. The van der Waals surface area contributed by atoms with Crippen molar-refractivity contribution in [1.82, 2.24) is 10.0 Å². The SMILES string of the molecule is C#CCNS(=O)(=O)c1ccc(CCNCc2cc(F)ccc2OCCC)cc1. The van der Waals surface area contributed by atoms with E-state index in [1.807, 2.05) is 6.92 Å². The first-order chi connectivity index (χ1) is 13.5. The number of hydrogen-bond donors (Lipinski definition) is 2. The lowest BCUT2D eigenvalue weighted by Crippen LogP contribution is -2.23. The summed E-state index contributed by atoms with van der Waals surface area (Å²) >= 11 is 0. The minimum Gasteiger partial charge on any atom is -0.493 e. The number of terminal acetylenes is 1. The molecule has 0 fully saturated rings. The van der Waals surface area contributed by atoms with Gasteiger partial charge in [0.15, 0.2) is 0 Å². The fraction of sp³-hybridized carbons (Fsp3) is 0.333. The zero-order valence-corrected chi connectivity index (χ0v) is 16.7. The van der Waals surface area contributed by atoms with Crippen LogP contribution in [0.1, 0.15) is 24.5 Å². The summed E-state index contributed by atoms with van der Waals surface area (Å²) in [4.78, 5) is 0.178. The third-order valence-electron chi connectivity index (χ3n) is 3.99. The standard InChI is InChI=1S/C21H25FN2O3S/c1-3-12-24-28(25,26)20-8-5-17(6-9-20)11-13-23-16-18-15-19(22)7-10-21(18)27-14-4-2/h1,5-10,15,23-24H,4,11-14,16H2,2H3. The van der Waals surface area contributed by atoms with Crippen molar-refractivity contribution in [2.24, 2.45) is 0 Å². The Hall–Kier alpha value is -2.40. The van der Waals surface area contributed by atoms with Gasteiger partial charge >= 0.3 is 0 Å². The highest BCUT2D eigenvalue weighted by Gasteiger charge is 2.12. The maximum absolute atomic E-state index is 13.5. The second kappa shape index (κ2) is 10.8. The smallest absolute Gasteiger partial charge is 0.241 e. The molecule has 2 aromatic rings. The van der Waals surface area contributed by atoms with Gasteiger partial charge in [0.1, 0.15) is 11.6 Å². The molecule has 28 heavy (non-hydrogen) atoms. The van der Waals surface area contributed by atoms with Crippen LogP contribution in [0.3, 0.4) is 0 Å². The van der Waals surface area contributed by atoms with E-state index in [2.05, 4.69) is 16.0 Å². The molecule has 2 N–H and O–H groups in total. The third-order valence-corrected chi connectivity index (χ3v) is 5.41. The number of ether oxygens (including phenoxy) is 1. The van der Waals surface area contributed by atoms with Crippen LogP contribution in [0.15, 0.2) is 47.4 Å². The monoisotopic (exact) mass is 404 g/mol. The molecule has 0 unspecified atom stereocenters. The van der Waals surface area contributed by atoms with E-state index in [1.54, 1.807) is 30.3 Å². The fourth-order valence-electron chi connectivity index (χ4n) is 2.55. The Bertz CT molecular complexity index is 906. The van der Waals surface area contributed by atoms with Crippen LogP contribution in [-0.4, -0.2) is 28.1 Å². The first-order valence-electron chi connectivity index (χ1n) is 9.10. The molecule has 0 saturated heterocycles. The summed E-state index contributed by atoms with van der Waals surface area (Å²) in [5.41, 5.74) is 1.76. The van der Waals surface area contributed by atoms with Gasteiger partial charge in [-0.2, -0.15) is 4.72 Å². The summed E-state index contributed by atoms with van der Waals surface area (Å²) in [5.74, 6) is 2.63. The van der Waals surface area contributed by atoms with E-state index in [0.29, 0.717) is 31.9 Å². The molecule has 0 amide bonds. The van der Waals surface area contributed by atoms with Gasteiger partial charge in [-0.3, -0.25) is 0 Å². The van der Waals surface area contributed by atoms with Crippen LogP contribution in [0.2, 0.25) is 0 Å². The highest BCUT2D eigenvalue weighted by Crippen LogP contribution is 2.20. The fourth-order valence-corrected chi connectivity index (χ4v) is 3.48. The Morgan fingerprint density at radius 3 is 2.61 bits per heavy atom. The van der Waals surface area contributed by atoms with Crippen molar-refractivity contribution in [1.29, 1.82) is 0 Å². The molecule has 0 aromatic heterocycles. The Morgan fingerprint density at radius 1 is 1.18 bits per heavy atom. The van der Waals surface area contributed by atoms with Gasteiger partial charge in [-0.1, -0.05) is 25.0 Å². The van der Waals surface area contributed by atoms with E-state index in [4.69, 9.17) is 11.2 Å². The molecular weight excluding hydrogens is 379 g/mol. The highest BCUT2D eigenvalue weighted by molar-refractivity contribution is 7.89. The third kappa shape index (κ3) is 6.64. The van der Waals surface area contributed by atoms with Gasteiger partial charge in [-0.15, -0.1) is 6.42 Å². The minimum atomic E-state index is -3.57. The van der Waals surface area contributed by atoms with E-state index in [9.17, 15) is 12.8 Å². The quantitative estimate of drug-likeness (QED) is 0.446. The molecule has 0 atom stereocenters. The molecule has 5 nitrogen and oxygen atoms in total. The summed E-state index contributed by atoms with van der Waals surface area (Å²) in [5, 5.41) is 3.27. The molecule has 0 aliphatic carbocycles. The zero-order valence-electron chi connectivity index (χ0n) is 15.9. The van der Waals surface area contributed by atoms with Gasteiger partial charge in [0, 0.05) is 12.1 Å². The van der Waals surface area contributed by atoms with Crippen LogP contribution < -0.4 is 14.8 Å². The molecule has 0 spiro atoms. The summed E-state index contributed by atoms with van der Waals surface area (Å²) in [6.45, 7) is 3.70. The molecule has 7 heteroatoms. The lowest BCUT2D eigenvalue weighted by atomic mass is 10.1. The average Bonchev–Trinajstić information content (AvgIpc) is 2.69. The van der Waals surface area contributed by atoms with Gasteiger partial charge < -0.3 is 10.1 Å². The van der Waals surface area contributed by atoms with Crippen molar-refractivity contribution in [3.8, 4) is 18.1 Å². The Balaban J connectivity index is 1.87. The lowest BCUT2D eigenvalue weighted by molar-refractivity contribution is 0.312. The highest BCUT2D eigenvalue weighted by atomic mass is 32.2. The number of nitrogens with one attached hydrogen (secondary N) is 2. The molecule has 0 radical (unpaired) electrons. The minimum absolute atomic E-state index is 0.0436. The van der Waals surface area contributed by atoms with Crippen molar-refractivity contribution >= 4 is 10.0 Å². The number of rotatable bonds is 11. The molecule has 0 bridgehead atoms. The summed E-state index contributed by atoms with van der Waals surface area (Å²) < 4.78 is 45.5. The van der Waals surface area contributed by atoms with Crippen molar-refractivity contribution in [2.75, 3.05) is 19.7 Å². The van der Waals surface area contributed by atoms with E-state index in [0.717, 1.165) is 17.5 Å². The van der Waals surface area contributed by atoms with Crippen molar-refractivity contribution < 1.29 is 17.5 Å². The van der Waals surface area contributed by atoms with Gasteiger partial charge in [0.05, 0.1) is 18.0 Å². The van der Waals surface area contributed by atoms with Crippen LogP contribution in [0.4, 0.5) is 4.39 Å². The molecule has 150 valence electrons. The Kier molecular flexibility index (Phi) is 8.45. The van der Waals surface area contributed by atoms with Crippen molar-refractivity contribution in [2.45, 2.75) is 31.2 Å². The number of benzene rings is 2. The molecule has 2 aromatic carbocycles. The number of hydrogen-bond acceptors (Lipinski definition) is 4. The summed E-state index contributed by atoms with van der Waals surface area (Å²) in [7, 11) is -3.57. The van der Waals surface area contributed by atoms with E-state index in [-0.39, 0.29) is 17.3 Å². The zero-order chi connectivity index (χ0) is 20.4. The van der Waals surface area contributed by atoms with Gasteiger partial charge in [0.2, 0.25) is 10.0 Å². The molecule has 2 rings (SSSR count). The van der Waals surface area contributed by atoms with E-state index in [1.165, 1.54) is 12.1 Å². The maximum Gasteiger partial charge on any atom is 0.241 e. The number of sulfonamides is 1. The van der Waals surface area contributed by atoms with Gasteiger partial charge in [-0.25, -0.2) is 12.8 Å². The first kappa shape index (κ1) is 21.9. The Morgan fingerprint density at radius 2 is 1.93 bits per heavy atom. The predicted molar refractivity (Wildman–Crippen MR) is 108 cm³/mol. The summed E-state index contributed by atoms with van der Waals surface area (Å²) in [6, 6.07) is 11.2. The molecule has 0 heterocycles. The van der Waals surface area contributed by atoms with Gasteiger partial charge in [-0.05, 0) is 55.3 Å². The van der Waals surface area contributed by atoms with Crippen molar-refractivity contribution in [3.63, 3.8) is 0 Å². The second-order valence-corrected chi connectivity index (χ2v) is 7.97. The topological polar surface area (TPSA) is 67.4 Å². The second-order valence-electron chi connectivity index (χ2n) is 6.20. The predicted octanol–water partition coefficient (Wildman–Crippen LogP) is 2.86. The van der Waals surface area contributed by atoms with E-state index >= 15 is 0 Å². The van der Waals surface area contributed by atoms with Crippen LogP contribution in [0, 0.1) is 18.2 Å². The van der Waals surface area contributed by atoms with Gasteiger partial charge in [0.25, 0.3) is 0 Å². The molecule has 0 aliphatic rings. The summed E-state index contributed by atoms with van der Waals surface area (Å²) in [6.07, 6.45) is 6.67. The molecule has 0 saturated carbocycles. The maximum atomic E-state index is 13.5. The molecular formula is C21H25FN2O3S. The van der Waals surface area contributed by atoms with Crippen molar-refractivity contribution in [3.05, 3.63) is 59.4 Å². The van der Waals surface area contributed by atoms with Crippen LogP contribution in [-0.2, 0) is 23.0 Å². The Labute approximate surface area is 166 Å². The molecule has 0 aliphatic heterocycles.